The maximum atomic E-state index is 13.0. The fraction of sp³-hybridized carbons (Fsp3) is 0.308. The molecule has 2 aliphatic heterocycles. The van der Waals surface area contributed by atoms with Crippen LogP contribution in [0.15, 0.2) is 65.9 Å². The normalized spacial score (nSPS) is 22.0. The van der Waals surface area contributed by atoms with Crippen LogP contribution in [0.2, 0.25) is 0 Å². The molecule has 9 heteroatoms. The van der Waals surface area contributed by atoms with Crippen LogP contribution in [0, 0.1) is 11.3 Å². The van der Waals surface area contributed by atoms with Gasteiger partial charge in [0.15, 0.2) is 6.10 Å². The molecule has 2 amide bonds. The highest BCUT2D eigenvalue weighted by atomic mass is 32.2. The monoisotopic (exact) mass is 491 g/mol. The Morgan fingerprint density at radius 3 is 2.54 bits per heavy atom. The maximum absolute atomic E-state index is 13.0. The number of fused-ring (bicyclic) bond motifs is 1. The molecule has 0 radical (unpaired) electrons. The number of β-lactam (4-membered cyclic amide) rings is 1. The van der Waals surface area contributed by atoms with Crippen molar-refractivity contribution >= 4 is 29.5 Å². The average Bonchev–Trinajstić information content (AvgIpc) is 2.86. The lowest BCUT2D eigenvalue weighted by Gasteiger charge is -2.51. The summed E-state index contributed by atoms with van der Waals surface area (Å²) >= 11 is 1.35. The van der Waals surface area contributed by atoms with Gasteiger partial charge >= 0.3 is 5.97 Å². The van der Waals surface area contributed by atoms with Gasteiger partial charge in [-0.15, -0.1) is 11.8 Å². The van der Waals surface area contributed by atoms with Crippen LogP contribution in [0.25, 0.3) is 0 Å². The molecule has 180 valence electrons. The van der Waals surface area contributed by atoms with Gasteiger partial charge in [0, 0.05) is 11.7 Å². The van der Waals surface area contributed by atoms with Crippen LogP contribution in [-0.4, -0.2) is 49.6 Å². The Morgan fingerprint density at radius 1 is 1.17 bits per heavy atom. The molecule has 8 nitrogen and oxygen atoms in total. The number of carbonyl (C=O) groups excluding carboxylic acids is 2. The minimum Gasteiger partial charge on any atom is -0.477 e. The van der Waals surface area contributed by atoms with Crippen molar-refractivity contribution in [2.24, 2.45) is 0 Å². The zero-order valence-electron chi connectivity index (χ0n) is 19.0. The molecular formula is C26H25N3O5S. The van der Waals surface area contributed by atoms with Gasteiger partial charge in [0.2, 0.25) is 0 Å². The summed E-state index contributed by atoms with van der Waals surface area (Å²) in [5, 5.41) is 31.3. The van der Waals surface area contributed by atoms with Crippen molar-refractivity contribution in [2.75, 3.05) is 0 Å². The number of hydrogen-bond acceptors (Lipinski definition) is 6. The van der Waals surface area contributed by atoms with Crippen LogP contribution in [0.4, 0.5) is 0 Å². The van der Waals surface area contributed by atoms with Crippen molar-refractivity contribution in [3.63, 3.8) is 0 Å². The molecule has 0 saturated carbocycles. The lowest BCUT2D eigenvalue weighted by atomic mass is 9.95. The van der Waals surface area contributed by atoms with Gasteiger partial charge in [0.1, 0.15) is 17.1 Å². The van der Waals surface area contributed by atoms with E-state index in [1.807, 2.05) is 42.5 Å². The van der Waals surface area contributed by atoms with Crippen LogP contribution in [-0.2, 0) is 20.8 Å². The van der Waals surface area contributed by atoms with Crippen LogP contribution in [0.3, 0.4) is 0 Å². The van der Waals surface area contributed by atoms with E-state index in [1.165, 1.54) is 16.7 Å². The van der Waals surface area contributed by atoms with Gasteiger partial charge in [-0.1, -0.05) is 54.6 Å². The van der Waals surface area contributed by atoms with E-state index in [0.717, 1.165) is 11.1 Å². The number of carboxylic acids is 1. The predicted molar refractivity (Wildman–Crippen MR) is 130 cm³/mol. The summed E-state index contributed by atoms with van der Waals surface area (Å²) in [7, 11) is 0. The number of hydrogen-bond donors (Lipinski definition) is 3. The van der Waals surface area contributed by atoms with Crippen molar-refractivity contribution in [3.05, 3.63) is 82.6 Å². The second-order valence-electron chi connectivity index (χ2n) is 8.51. The number of nitriles is 1. The van der Waals surface area contributed by atoms with E-state index >= 15 is 0 Å². The van der Waals surface area contributed by atoms with Crippen molar-refractivity contribution in [1.82, 2.24) is 10.2 Å². The molecule has 35 heavy (non-hydrogen) atoms. The molecule has 0 spiro atoms. The molecule has 1 saturated heterocycles. The Morgan fingerprint density at radius 2 is 1.86 bits per heavy atom. The smallest absolute Gasteiger partial charge is 0.352 e. The highest BCUT2D eigenvalue weighted by Gasteiger charge is 2.55. The third kappa shape index (κ3) is 4.81. The fourth-order valence-corrected chi connectivity index (χ4v) is 6.07. The second kappa shape index (κ2) is 10.3. The molecule has 4 rings (SSSR count). The van der Waals surface area contributed by atoms with E-state index in [9.17, 15) is 24.6 Å². The number of amides is 2. The molecule has 2 aromatic carbocycles. The number of carboxylic acid groups (broad SMARTS) is 1. The molecule has 2 aromatic rings. The Labute approximate surface area is 207 Å². The third-order valence-corrected chi connectivity index (χ3v) is 7.98. The van der Waals surface area contributed by atoms with Crippen molar-refractivity contribution in [2.45, 2.75) is 49.0 Å². The quantitative estimate of drug-likeness (QED) is 0.484. The topological polar surface area (TPSA) is 131 Å². The number of aliphatic hydroxyl groups excluding tert-OH is 1. The summed E-state index contributed by atoms with van der Waals surface area (Å²) in [5.41, 5.74) is 2.70. The first kappa shape index (κ1) is 24.5. The summed E-state index contributed by atoms with van der Waals surface area (Å²) in [6.45, 7) is 1.65. The summed E-state index contributed by atoms with van der Waals surface area (Å²) in [4.78, 5) is 38.9. The first-order valence-corrected chi connectivity index (χ1v) is 12.2. The average molecular weight is 492 g/mol. The molecule has 2 heterocycles. The minimum atomic E-state index is -1.49. The van der Waals surface area contributed by atoms with Crippen molar-refractivity contribution in [1.29, 1.82) is 5.26 Å². The van der Waals surface area contributed by atoms with E-state index in [2.05, 4.69) is 11.4 Å². The first-order chi connectivity index (χ1) is 16.8. The summed E-state index contributed by atoms with van der Waals surface area (Å²) in [6.07, 6.45) is -0.270. The number of thioether (sulfide) groups is 1. The molecule has 0 aliphatic carbocycles. The van der Waals surface area contributed by atoms with Crippen LogP contribution < -0.4 is 5.32 Å². The molecule has 2 aliphatic rings. The van der Waals surface area contributed by atoms with Gasteiger partial charge in [0.05, 0.1) is 6.07 Å². The molecule has 0 aromatic heterocycles. The highest BCUT2D eigenvalue weighted by Crippen LogP contribution is 2.45. The predicted octanol–water partition coefficient (Wildman–Crippen LogP) is 2.74. The van der Waals surface area contributed by atoms with Gasteiger partial charge in [-0.05, 0) is 42.0 Å². The lowest BCUT2D eigenvalue weighted by molar-refractivity contribution is -0.151. The van der Waals surface area contributed by atoms with E-state index in [4.69, 9.17) is 5.26 Å². The van der Waals surface area contributed by atoms with Gasteiger partial charge in [0.25, 0.3) is 11.8 Å². The van der Waals surface area contributed by atoms with E-state index in [0.29, 0.717) is 24.0 Å². The SMILES string of the molecule is CC1=C(C(=O)O)N2C(=O)C(NC(=O)C(O)c3ccccc3Cc3ccccc3)[C@@H]2SC1CCC#N. The lowest BCUT2D eigenvalue weighted by Crippen LogP contribution is -2.71. The maximum Gasteiger partial charge on any atom is 0.352 e. The third-order valence-electron chi connectivity index (χ3n) is 6.30. The van der Waals surface area contributed by atoms with Crippen molar-refractivity contribution in [3.8, 4) is 6.07 Å². The van der Waals surface area contributed by atoms with E-state index in [-0.39, 0.29) is 17.4 Å². The van der Waals surface area contributed by atoms with Crippen LogP contribution in [0.1, 0.15) is 42.6 Å². The molecule has 4 atom stereocenters. The summed E-state index contributed by atoms with van der Waals surface area (Å²) < 4.78 is 0. The molecular weight excluding hydrogens is 466 g/mol. The molecule has 0 bridgehead atoms. The summed E-state index contributed by atoms with van der Waals surface area (Å²) in [5.74, 6) is -2.47. The Balaban J connectivity index is 1.51. The van der Waals surface area contributed by atoms with E-state index in [1.54, 1.807) is 19.1 Å². The first-order valence-electron chi connectivity index (χ1n) is 11.2. The zero-order chi connectivity index (χ0) is 25.1. The fourth-order valence-electron chi connectivity index (χ4n) is 4.49. The van der Waals surface area contributed by atoms with Gasteiger partial charge in [-0.3, -0.25) is 14.5 Å². The van der Waals surface area contributed by atoms with Gasteiger partial charge < -0.3 is 15.5 Å². The number of nitrogens with one attached hydrogen (secondary N) is 1. The molecule has 3 unspecified atom stereocenters. The standard InChI is InChI=1S/C26H25N3O5S/c1-15-19(12-7-13-27)35-25-20(24(32)29(25)21(15)26(33)34)28-23(31)22(30)18-11-6-5-10-17(18)14-16-8-3-2-4-9-16/h2-6,8-11,19-20,22,25,30H,7,12,14H2,1H3,(H,28,31)(H,33,34)/t19?,20?,22?,25-/m0/s1. The number of rotatable bonds is 8. The number of nitrogens with zero attached hydrogens (tertiary/aromatic N) is 2. The van der Waals surface area contributed by atoms with Gasteiger partial charge in [-0.2, -0.15) is 5.26 Å². The minimum absolute atomic E-state index is 0.0963. The largest absolute Gasteiger partial charge is 0.477 e. The number of benzene rings is 2. The van der Waals surface area contributed by atoms with Gasteiger partial charge in [-0.25, -0.2) is 4.79 Å². The molecule has 3 N–H and O–H groups in total. The highest BCUT2D eigenvalue weighted by molar-refractivity contribution is 8.00. The number of aliphatic carboxylic acids is 1. The van der Waals surface area contributed by atoms with Crippen LogP contribution >= 0.6 is 11.8 Å². The Hall–Kier alpha value is -3.61. The second-order valence-corrected chi connectivity index (χ2v) is 9.83. The summed E-state index contributed by atoms with van der Waals surface area (Å²) in [6, 6.07) is 17.9. The number of aliphatic hydroxyl groups is 1. The zero-order valence-corrected chi connectivity index (χ0v) is 19.9. The van der Waals surface area contributed by atoms with Crippen LogP contribution in [0.5, 0.6) is 0 Å². The van der Waals surface area contributed by atoms with Crippen molar-refractivity contribution < 1.29 is 24.6 Å². The Bertz CT molecular complexity index is 1220. The number of carbonyl (C=O) groups is 3. The van der Waals surface area contributed by atoms with E-state index < -0.39 is 35.3 Å². The Kier molecular flexibility index (Phi) is 7.24. The molecule has 1 fully saturated rings.